The predicted molar refractivity (Wildman–Crippen MR) is 114 cm³/mol. The van der Waals surface area contributed by atoms with Crippen LogP contribution in [0, 0.1) is 0 Å². The Labute approximate surface area is 172 Å². The van der Waals surface area contributed by atoms with Gasteiger partial charge in [0.25, 0.3) is 0 Å². The zero-order chi connectivity index (χ0) is 20.8. The Hall–Kier alpha value is -3.33. The standard InChI is InChI=1S/C20H20N4O4S/c1-12(13-7-9-14(25)10-8-13)23-24-20-22-18(26)11-17(29-20)19(27)21-15-5-3-4-6-16(15)28-2/h3-10,17,25H,11H2,1-2H3,(H,21,27)(H,22,24,26). The molecule has 0 saturated carbocycles. The maximum atomic E-state index is 12.6. The normalized spacial score (nSPS) is 18.3. The van der Waals surface area contributed by atoms with Crippen LogP contribution in [0.25, 0.3) is 0 Å². The fourth-order valence-corrected chi connectivity index (χ4v) is 3.51. The monoisotopic (exact) mass is 412 g/mol. The van der Waals surface area contributed by atoms with Crippen molar-refractivity contribution >= 4 is 40.1 Å². The molecule has 2 amide bonds. The second-order valence-corrected chi connectivity index (χ2v) is 7.38. The third-order valence-corrected chi connectivity index (χ3v) is 5.18. The van der Waals surface area contributed by atoms with E-state index in [4.69, 9.17) is 4.74 Å². The average Bonchev–Trinajstić information content (AvgIpc) is 2.72. The number of ether oxygens (including phenoxy) is 1. The lowest BCUT2D eigenvalue weighted by Crippen LogP contribution is -2.41. The van der Waals surface area contributed by atoms with E-state index in [0.29, 0.717) is 17.1 Å². The third kappa shape index (κ3) is 5.35. The number of hydrogen-bond acceptors (Lipinski definition) is 7. The topological polar surface area (TPSA) is 112 Å². The number of benzene rings is 2. The number of methoxy groups -OCH3 is 1. The summed E-state index contributed by atoms with van der Waals surface area (Å²) in [5.74, 6) is 0.0717. The highest BCUT2D eigenvalue weighted by Crippen LogP contribution is 2.27. The summed E-state index contributed by atoms with van der Waals surface area (Å²) >= 11 is 1.13. The van der Waals surface area contributed by atoms with Crippen molar-refractivity contribution in [1.29, 1.82) is 0 Å². The molecule has 2 aromatic carbocycles. The minimum Gasteiger partial charge on any atom is -0.508 e. The summed E-state index contributed by atoms with van der Waals surface area (Å²) in [6.07, 6.45) is 0.0331. The first kappa shape index (κ1) is 20.4. The summed E-state index contributed by atoms with van der Waals surface area (Å²) < 4.78 is 5.23. The molecule has 1 fully saturated rings. The number of aromatic hydroxyl groups is 1. The molecule has 3 N–H and O–H groups in total. The summed E-state index contributed by atoms with van der Waals surface area (Å²) in [6, 6.07) is 13.6. The molecular formula is C20H20N4O4S. The van der Waals surface area contributed by atoms with E-state index < -0.39 is 5.25 Å². The summed E-state index contributed by atoms with van der Waals surface area (Å²) in [5, 5.41) is 22.6. The lowest BCUT2D eigenvalue weighted by molar-refractivity contribution is -0.123. The van der Waals surface area contributed by atoms with Gasteiger partial charge in [-0.2, -0.15) is 5.10 Å². The van der Waals surface area contributed by atoms with Crippen molar-refractivity contribution < 1.29 is 19.4 Å². The Morgan fingerprint density at radius 2 is 1.97 bits per heavy atom. The molecule has 0 spiro atoms. The minimum absolute atomic E-state index is 0.0331. The van der Waals surface area contributed by atoms with Crippen LogP contribution in [-0.2, 0) is 9.59 Å². The van der Waals surface area contributed by atoms with Crippen LogP contribution in [0.3, 0.4) is 0 Å². The molecule has 2 aromatic rings. The van der Waals surface area contributed by atoms with Gasteiger partial charge in [-0.25, -0.2) is 0 Å². The number of para-hydroxylation sites is 2. The van der Waals surface area contributed by atoms with Crippen molar-refractivity contribution in [3.63, 3.8) is 0 Å². The second kappa shape index (κ2) is 9.24. The highest BCUT2D eigenvalue weighted by molar-refractivity contribution is 8.15. The van der Waals surface area contributed by atoms with Gasteiger partial charge in [0, 0.05) is 6.42 Å². The van der Waals surface area contributed by atoms with Crippen molar-refractivity contribution in [2.75, 3.05) is 12.4 Å². The van der Waals surface area contributed by atoms with E-state index in [1.165, 1.54) is 7.11 Å². The first-order valence-corrected chi connectivity index (χ1v) is 9.66. The molecule has 8 nitrogen and oxygen atoms in total. The van der Waals surface area contributed by atoms with Crippen molar-refractivity contribution in [3.05, 3.63) is 54.1 Å². The smallest absolute Gasteiger partial charge is 0.238 e. The molecular weight excluding hydrogens is 392 g/mol. The maximum absolute atomic E-state index is 12.6. The van der Waals surface area contributed by atoms with Crippen molar-refractivity contribution in [2.45, 2.75) is 18.6 Å². The van der Waals surface area contributed by atoms with E-state index in [1.807, 2.05) is 0 Å². The number of amides is 2. The van der Waals surface area contributed by atoms with E-state index in [-0.39, 0.29) is 29.2 Å². The van der Waals surface area contributed by atoms with E-state index in [9.17, 15) is 14.7 Å². The lowest BCUT2D eigenvalue weighted by Gasteiger charge is -2.22. The number of anilines is 1. The van der Waals surface area contributed by atoms with E-state index in [1.54, 1.807) is 55.5 Å². The molecule has 150 valence electrons. The number of amidine groups is 1. The third-order valence-electron chi connectivity index (χ3n) is 4.10. The van der Waals surface area contributed by atoms with Crippen LogP contribution in [0.1, 0.15) is 18.9 Å². The van der Waals surface area contributed by atoms with Gasteiger partial charge < -0.3 is 20.5 Å². The first-order valence-electron chi connectivity index (χ1n) is 8.78. The molecule has 29 heavy (non-hydrogen) atoms. The molecule has 1 atom stereocenters. The molecule has 0 aromatic heterocycles. The van der Waals surface area contributed by atoms with Gasteiger partial charge in [0.15, 0.2) is 5.17 Å². The van der Waals surface area contributed by atoms with E-state index in [0.717, 1.165) is 17.3 Å². The summed E-state index contributed by atoms with van der Waals surface area (Å²) in [5.41, 5.74) is 1.92. The molecule has 1 heterocycles. The van der Waals surface area contributed by atoms with Gasteiger partial charge in [-0.1, -0.05) is 23.9 Å². The second-order valence-electron chi connectivity index (χ2n) is 6.19. The number of nitrogens with zero attached hydrogens (tertiary/aromatic N) is 2. The van der Waals surface area contributed by atoms with Crippen LogP contribution in [0.4, 0.5) is 5.69 Å². The molecule has 1 unspecified atom stereocenters. The Bertz CT molecular complexity index is 973. The highest BCUT2D eigenvalue weighted by atomic mass is 32.2. The quantitative estimate of drug-likeness (QED) is 0.516. The van der Waals surface area contributed by atoms with Crippen molar-refractivity contribution in [1.82, 2.24) is 5.32 Å². The Morgan fingerprint density at radius 3 is 2.69 bits per heavy atom. The maximum Gasteiger partial charge on any atom is 0.238 e. The highest BCUT2D eigenvalue weighted by Gasteiger charge is 2.30. The molecule has 3 rings (SSSR count). The van der Waals surface area contributed by atoms with E-state index in [2.05, 4.69) is 20.8 Å². The van der Waals surface area contributed by atoms with Gasteiger partial charge in [-0.15, -0.1) is 5.10 Å². The van der Waals surface area contributed by atoms with Crippen LogP contribution in [0.15, 0.2) is 58.7 Å². The molecule has 9 heteroatoms. The number of rotatable bonds is 5. The van der Waals surface area contributed by atoms with Crippen LogP contribution < -0.4 is 15.4 Å². The summed E-state index contributed by atoms with van der Waals surface area (Å²) in [6.45, 7) is 1.76. The van der Waals surface area contributed by atoms with Crippen molar-refractivity contribution in [2.24, 2.45) is 10.2 Å². The van der Waals surface area contributed by atoms with E-state index >= 15 is 0 Å². The Kier molecular flexibility index (Phi) is 6.50. The zero-order valence-electron chi connectivity index (χ0n) is 15.9. The summed E-state index contributed by atoms with van der Waals surface area (Å²) in [4.78, 5) is 24.7. The number of phenolic OH excluding ortho intramolecular Hbond substituents is 1. The van der Waals surface area contributed by atoms with Gasteiger partial charge in [-0.3, -0.25) is 9.59 Å². The number of nitrogens with one attached hydrogen (secondary N) is 2. The number of hydrogen-bond donors (Lipinski definition) is 3. The lowest BCUT2D eigenvalue weighted by atomic mass is 10.1. The molecule has 0 radical (unpaired) electrons. The number of carbonyl (C=O) groups is 2. The minimum atomic E-state index is -0.642. The fourth-order valence-electron chi connectivity index (χ4n) is 2.58. The predicted octanol–water partition coefficient (Wildman–Crippen LogP) is 2.74. The Balaban J connectivity index is 1.71. The van der Waals surface area contributed by atoms with Gasteiger partial charge in [0.2, 0.25) is 11.8 Å². The molecule has 1 aliphatic heterocycles. The fraction of sp³-hybridized carbons (Fsp3) is 0.200. The number of carbonyl (C=O) groups excluding carboxylic acids is 2. The van der Waals surface area contributed by atoms with Crippen LogP contribution >= 0.6 is 11.8 Å². The zero-order valence-corrected chi connectivity index (χ0v) is 16.7. The van der Waals surface area contributed by atoms with Gasteiger partial charge in [-0.05, 0) is 48.9 Å². The largest absolute Gasteiger partial charge is 0.508 e. The molecule has 0 aliphatic carbocycles. The van der Waals surface area contributed by atoms with Gasteiger partial charge in [0.1, 0.15) is 16.7 Å². The molecule has 1 saturated heterocycles. The Morgan fingerprint density at radius 1 is 1.24 bits per heavy atom. The van der Waals surface area contributed by atoms with Crippen LogP contribution in [0.5, 0.6) is 11.5 Å². The number of thioether (sulfide) groups is 1. The molecule has 0 bridgehead atoms. The SMILES string of the molecule is COc1ccccc1NC(=O)C1CC(=O)NC(=NN=C(C)c2ccc(O)cc2)S1. The summed E-state index contributed by atoms with van der Waals surface area (Å²) in [7, 11) is 1.52. The van der Waals surface area contributed by atoms with Crippen LogP contribution in [-0.4, -0.2) is 40.2 Å². The van der Waals surface area contributed by atoms with Gasteiger partial charge >= 0.3 is 0 Å². The van der Waals surface area contributed by atoms with Crippen LogP contribution in [0.2, 0.25) is 0 Å². The number of phenols is 1. The average molecular weight is 412 g/mol. The van der Waals surface area contributed by atoms with Gasteiger partial charge in [0.05, 0.1) is 18.5 Å². The first-order chi connectivity index (χ1) is 14.0. The van der Waals surface area contributed by atoms with Crippen molar-refractivity contribution in [3.8, 4) is 11.5 Å². The molecule has 1 aliphatic rings.